The maximum atomic E-state index is 13.4. The number of benzene rings is 2. The molecular formula is C20H22BrFN4OS. The van der Waals surface area contributed by atoms with Crippen molar-refractivity contribution in [2.75, 3.05) is 26.5 Å². The van der Waals surface area contributed by atoms with E-state index in [1.807, 2.05) is 42.9 Å². The van der Waals surface area contributed by atoms with Crippen molar-refractivity contribution in [3.8, 4) is 11.4 Å². The van der Waals surface area contributed by atoms with Crippen LogP contribution in [-0.4, -0.2) is 46.1 Å². The molecule has 148 valence electrons. The Labute approximate surface area is 177 Å². The van der Waals surface area contributed by atoms with Crippen molar-refractivity contribution in [1.29, 1.82) is 0 Å². The third kappa shape index (κ3) is 5.12. The number of hydrogen-bond donors (Lipinski definition) is 0. The van der Waals surface area contributed by atoms with Gasteiger partial charge in [0.2, 0.25) is 0 Å². The Balaban J connectivity index is 1.75. The zero-order chi connectivity index (χ0) is 20.1. The summed E-state index contributed by atoms with van der Waals surface area (Å²) in [5, 5.41) is 9.52. The van der Waals surface area contributed by atoms with Crippen LogP contribution in [0.2, 0.25) is 0 Å². The van der Waals surface area contributed by atoms with Gasteiger partial charge in [-0.05, 0) is 63.5 Å². The van der Waals surface area contributed by atoms with Crippen LogP contribution >= 0.6 is 27.7 Å². The molecule has 0 aliphatic heterocycles. The lowest BCUT2D eigenvalue weighted by molar-refractivity contribution is 0.305. The van der Waals surface area contributed by atoms with E-state index in [0.29, 0.717) is 12.4 Å². The monoisotopic (exact) mass is 464 g/mol. The van der Waals surface area contributed by atoms with E-state index in [-0.39, 0.29) is 11.9 Å². The summed E-state index contributed by atoms with van der Waals surface area (Å²) in [6.45, 7) is 2.60. The number of halogens is 2. The average Bonchev–Trinajstić information content (AvgIpc) is 3.09. The molecule has 0 aliphatic carbocycles. The third-order valence-corrected chi connectivity index (χ3v) is 5.66. The molecule has 0 N–H and O–H groups in total. The van der Waals surface area contributed by atoms with Gasteiger partial charge in [0.05, 0.1) is 12.6 Å². The molecule has 3 aromatic rings. The van der Waals surface area contributed by atoms with Gasteiger partial charge >= 0.3 is 0 Å². The molecule has 0 radical (unpaired) electrons. The molecule has 0 unspecified atom stereocenters. The molecule has 28 heavy (non-hydrogen) atoms. The summed E-state index contributed by atoms with van der Waals surface area (Å²) >= 11 is 5.00. The van der Waals surface area contributed by atoms with Gasteiger partial charge in [-0.15, -0.1) is 10.2 Å². The van der Waals surface area contributed by atoms with Crippen LogP contribution in [0.1, 0.15) is 18.8 Å². The summed E-state index contributed by atoms with van der Waals surface area (Å²) in [6, 6.07) is 14.2. The van der Waals surface area contributed by atoms with E-state index in [1.165, 1.54) is 12.1 Å². The van der Waals surface area contributed by atoms with Crippen molar-refractivity contribution in [2.24, 2.45) is 0 Å². The predicted octanol–water partition coefficient (Wildman–Crippen LogP) is 4.96. The first-order valence-corrected chi connectivity index (χ1v) is 10.6. The Hall–Kier alpha value is -1.90. The molecule has 0 bridgehead atoms. The number of nitrogens with zero attached hydrogens (tertiary/aromatic N) is 4. The van der Waals surface area contributed by atoms with Gasteiger partial charge < -0.3 is 4.74 Å². The Morgan fingerprint density at radius 1 is 1.18 bits per heavy atom. The van der Waals surface area contributed by atoms with Gasteiger partial charge in [0, 0.05) is 15.9 Å². The van der Waals surface area contributed by atoms with Crippen molar-refractivity contribution < 1.29 is 9.13 Å². The lowest BCUT2D eigenvalue weighted by atomic mass is 10.2. The lowest BCUT2D eigenvalue weighted by Crippen LogP contribution is -2.20. The molecule has 5 nitrogen and oxygen atoms in total. The highest BCUT2D eigenvalue weighted by atomic mass is 79.9. The smallest absolute Gasteiger partial charge is 0.196 e. The fraction of sp³-hybridized carbons (Fsp3) is 0.300. The van der Waals surface area contributed by atoms with Gasteiger partial charge in [0.1, 0.15) is 11.6 Å². The Kier molecular flexibility index (Phi) is 7.09. The molecule has 2 aromatic carbocycles. The molecule has 0 fully saturated rings. The maximum Gasteiger partial charge on any atom is 0.196 e. The molecule has 0 amide bonds. The first-order chi connectivity index (χ1) is 13.5. The SMILES string of the molecule is C[C@H](c1nnc(SCCOc2cccc(Br)c2)n1-c1ccc(F)cc1)N(C)C. The molecule has 8 heteroatoms. The van der Waals surface area contributed by atoms with Crippen molar-refractivity contribution >= 4 is 27.7 Å². The van der Waals surface area contributed by atoms with Crippen LogP contribution in [0, 0.1) is 5.82 Å². The first-order valence-electron chi connectivity index (χ1n) is 8.84. The van der Waals surface area contributed by atoms with Crippen LogP contribution in [0.15, 0.2) is 58.2 Å². The summed E-state index contributed by atoms with van der Waals surface area (Å²) in [5.74, 6) is 2.07. The minimum Gasteiger partial charge on any atom is -0.493 e. The molecule has 3 rings (SSSR count). The van der Waals surface area contributed by atoms with E-state index in [4.69, 9.17) is 4.74 Å². The lowest BCUT2D eigenvalue weighted by Gasteiger charge is -2.20. The Morgan fingerprint density at radius 2 is 1.93 bits per heavy atom. The van der Waals surface area contributed by atoms with E-state index >= 15 is 0 Å². The normalized spacial score (nSPS) is 12.4. The van der Waals surface area contributed by atoms with Crippen LogP contribution in [0.3, 0.4) is 0 Å². The molecule has 0 saturated carbocycles. The highest BCUT2D eigenvalue weighted by molar-refractivity contribution is 9.10. The van der Waals surface area contributed by atoms with Gasteiger partial charge in [0.25, 0.3) is 0 Å². The van der Waals surface area contributed by atoms with Crippen LogP contribution < -0.4 is 4.74 Å². The van der Waals surface area contributed by atoms with E-state index in [2.05, 4.69) is 38.0 Å². The zero-order valence-electron chi connectivity index (χ0n) is 16.0. The highest BCUT2D eigenvalue weighted by Gasteiger charge is 2.20. The second kappa shape index (κ2) is 9.54. The largest absolute Gasteiger partial charge is 0.493 e. The van der Waals surface area contributed by atoms with Crippen molar-refractivity contribution in [2.45, 2.75) is 18.1 Å². The van der Waals surface area contributed by atoms with Crippen molar-refractivity contribution in [1.82, 2.24) is 19.7 Å². The summed E-state index contributed by atoms with van der Waals surface area (Å²) in [4.78, 5) is 2.06. The van der Waals surface area contributed by atoms with Gasteiger partial charge in [0.15, 0.2) is 11.0 Å². The van der Waals surface area contributed by atoms with Gasteiger partial charge in [-0.1, -0.05) is 33.8 Å². The third-order valence-electron chi connectivity index (χ3n) is 4.27. The molecular weight excluding hydrogens is 443 g/mol. The van der Waals surface area contributed by atoms with Crippen LogP contribution in [0.25, 0.3) is 5.69 Å². The quantitative estimate of drug-likeness (QED) is 0.348. The maximum absolute atomic E-state index is 13.4. The number of thioether (sulfide) groups is 1. The standard InChI is InChI=1S/C20H22BrFN4OS/c1-14(25(2)3)19-23-24-20(26(19)17-9-7-16(22)8-10-17)28-12-11-27-18-6-4-5-15(21)13-18/h4-10,13-14H,11-12H2,1-3H3/t14-/m1/s1. The number of aromatic nitrogens is 3. The van der Waals surface area contributed by atoms with Crippen LogP contribution in [-0.2, 0) is 0 Å². The van der Waals surface area contributed by atoms with E-state index in [9.17, 15) is 4.39 Å². The second-order valence-corrected chi connectivity index (χ2v) is 8.42. The predicted molar refractivity (Wildman–Crippen MR) is 114 cm³/mol. The summed E-state index contributed by atoms with van der Waals surface area (Å²) in [7, 11) is 3.99. The number of hydrogen-bond acceptors (Lipinski definition) is 5. The van der Waals surface area contributed by atoms with Crippen LogP contribution in [0.4, 0.5) is 4.39 Å². The fourth-order valence-electron chi connectivity index (χ4n) is 2.56. The fourth-order valence-corrected chi connectivity index (χ4v) is 3.71. The van der Waals surface area contributed by atoms with Crippen molar-refractivity contribution in [3.63, 3.8) is 0 Å². The Morgan fingerprint density at radius 3 is 2.61 bits per heavy atom. The molecule has 1 aromatic heterocycles. The Bertz CT molecular complexity index is 917. The zero-order valence-corrected chi connectivity index (χ0v) is 18.4. The molecule has 0 spiro atoms. The molecule has 1 atom stereocenters. The first kappa shape index (κ1) is 20.8. The minimum atomic E-state index is -0.268. The van der Waals surface area contributed by atoms with E-state index in [1.54, 1.807) is 23.9 Å². The van der Waals surface area contributed by atoms with E-state index in [0.717, 1.165) is 26.9 Å². The number of rotatable bonds is 8. The highest BCUT2D eigenvalue weighted by Crippen LogP contribution is 2.27. The number of ether oxygens (including phenoxy) is 1. The second-order valence-electron chi connectivity index (χ2n) is 6.45. The average molecular weight is 465 g/mol. The van der Waals surface area contributed by atoms with Crippen LogP contribution in [0.5, 0.6) is 5.75 Å². The van der Waals surface area contributed by atoms with Crippen molar-refractivity contribution in [3.05, 3.63) is 64.6 Å². The summed E-state index contributed by atoms with van der Waals surface area (Å²) < 4.78 is 22.1. The summed E-state index contributed by atoms with van der Waals surface area (Å²) in [6.07, 6.45) is 0. The molecule has 0 aliphatic rings. The summed E-state index contributed by atoms with van der Waals surface area (Å²) in [5.41, 5.74) is 0.838. The molecule has 0 saturated heterocycles. The minimum absolute atomic E-state index is 0.0600. The van der Waals surface area contributed by atoms with Gasteiger partial charge in [-0.2, -0.15) is 0 Å². The topological polar surface area (TPSA) is 43.2 Å². The molecule has 1 heterocycles. The van der Waals surface area contributed by atoms with Gasteiger partial charge in [-0.25, -0.2) is 4.39 Å². The van der Waals surface area contributed by atoms with E-state index < -0.39 is 0 Å². The van der Waals surface area contributed by atoms with Gasteiger partial charge in [-0.3, -0.25) is 9.47 Å².